The molecular formula is C13H23N3O. The summed E-state index contributed by atoms with van der Waals surface area (Å²) in [5.41, 5.74) is 4.76. The monoisotopic (exact) mass is 237 g/mol. The summed E-state index contributed by atoms with van der Waals surface area (Å²) in [7, 11) is 1.69. The van der Waals surface area contributed by atoms with Crippen LogP contribution >= 0.6 is 0 Å². The molecule has 0 radical (unpaired) electrons. The summed E-state index contributed by atoms with van der Waals surface area (Å²) in [5.74, 6) is 5.58. The van der Waals surface area contributed by atoms with Gasteiger partial charge in [-0.1, -0.05) is 13.0 Å². The van der Waals surface area contributed by atoms with E-state index in [2.05, 4.69) is 29.5 Å². The number of aryl methyl sites for hydroxylation is 1. The van der Waals surface area contributed by atoms with Crippen molar-refractivity contribution in [2.24, 2.45) is 5.84 Å². The van der Waals surface area contributed by atoms with Gasteiger partial charge in [0.2, 0.25) is 0 Å². The maximum Gasteiger partial charge on any atom is 0.0792 e. The Morgan fingerprint density at radius 3 is 2.59 bits per heavy atom. The average Bonchev–Trinajstić information content (AvgIpc) is 2.36. The van der Waals surface area contributed by atoms with Gasteiger partial charge < -0.3 is 4.74 Å². The molecule has 1 aromatic rings. The molecule has 4 heteroatoms. The number of pyridine rings is 1. The molecule has 0 amide bonds. The van der Waals surface area contributed by atoms with Crippen molar-refractivity contribution in [3.63, 3.8) is 0 Å². The van der Waals surface area contributed by atoms with E-state index in [4.69, 9.17) is 10.6 Å². The molecule has 0 aromatic carbocycles. The average molecular weight is 237 g/mol. The van der Waals surface area contributed by atoms with E-state index in [9.17, 15) is 0 Å². The lowest BCUT2D eigenvalue weighted by atomic mass is 9.94. The molecule has 17 heavy (non-hydrogen) atoms. The number of ether oxygens (including phenoxy) is 1. The highest BCUT2D eigenvalue weighted by molar-refractivity contribution is 5.15. The van der Waals surface area contributed by atoms with E-state index in [1.54, 1.807) is 7.11 Å². The number of aromatic nitrogens is 1. The van der Waals surface area contributed by atoms with Crippen LogP contribution in [0.5, 0.6) is 0 Å². The van der Waals surface area contributed by atoms with Crippen molar-refractivity contribution in [2.75, 3.05) is 7.11 Å². The maximum atomic E-state index is 5.58. The van der Waals surface area contributed by atoms with E-state index >= 15 is 0 Å². The molecule has 1 aromatic heterocycles. The molecule has 0 aliphatic rings. The molecular weight excluding hydrogens is 214 g/mol. The number of nitrogens with zero attached hydrogens (tertiary/aromatic N) is 1. The van der Waals surface area contributed by atoms with Crippen molar-refractivity contribution >= 4 is 0 Å². The third kappa shape index (κ3) is 3.77. The molecule has 4 nitrogen and oxygen atoms in total. The van der Waals surface area contributed by atoms with Crippen molar-refractivity contribution in [3.8, 4) is 0 Å². The summed E-state index contributed by atoms with van der Waals surface area (Å²) in [5, 5.41) is 0. The van der Waals surface area contributed by atoms with Crippen molar-refractivity contribution in [1.29, 1.82) is 0 Å². The molecule has 0 aliphatic heterocycles. The predicted molar refractivity (Wildman–Crippen MR) is 69.5 cm³/mol. The lowest BCUT2D eigenvalue weighted by Gasteiger charge is -2.32. The minimum atomic E-state index is -0.320. The molecule has 3 N–H and O–H groups in total. The second-order valence-electron chi connectivity index (χ2n) is 4.74. The summed E-state index contributed by atoms with van der Waals surface area (Å²) in [6.45, 7) is 6.14. The van der Waals surface area contributed by atoms with E-state index < -0.39 is 0 Å². The zero-order valence-electron chi connectivity index (χ0n) is 11.2. The van der Waals surface area contributed by atoms with Crippen LogP contribution in [-0.4, -0.2) is 23.7 Å². The van der Waals surface area contributed by atoms with Crippen LogP contribution in [0.15, 0.2) is 18.3 Å². The van der Waals surface area contributed by atoms with Crippen LogP contribution < -0.4 is 11.3 Å². The second-order valence-corrected chi connectivity index (χ2v) is 4.74. The second kappa shape index (κ2) is 6.10. The van der Waals surface area contributed by atoms with Gasteiger partial charge in [0.05, 0.1) is 11.6 Å². The van der Waals surface area contributed by atoms with E-state index in [0.717, 1.165) is 18.5 Å². The van der Waals surface area contributed by atoms with Gasteiger partial charge in [-0.05, 0) is 31.9 Å². The Morgan fingerprint density at radius 1 is 1.47 bits per heavy atom. The highest BCUT2D eigenvalue weighted by Gasteiger charge is 2.28. The maximum absolute atomic E-state index is 5.58. The quantitative estimate of drug-likeness (QED) is 0.580. The molecule has 0 bridgehead atoms. The smallest absolute Gasteiger partial charge is 0.0792 e. The Bertz CT molecular complexity index is 335. The van der Waals surface area contributed by atoms with Crippen LogP contribution in [-0.2, 0) is 17.6 Å². The van der Waals surface area contributed by atoms with Gasteiger partial charge in [0, 0.05) is 25.4 Å². The normalized spacial score (nSPS) is 13.7. The first-order valence-corrected chi connectivity index (χ1v) is 5.98. The molecule has 96 valence electrons. The summed E-state index contributed by atoms with van der Waals surface area (Å²) < 4.78 is 5.44. The number of methoxy groups -OCH3 is 1. The first-order valence-electron chi connectivity index (χ1n) is 5.98. The molecule has 1 unspecified atom stereocenters. The fourth-order valence-corrected chi connectivity index (χ4v) is 1.64. The zero-order chi connectivity index (χ0) is 12.9. The standard InChI is InChI=1S/C13H23N3O/c1-5-10-6-7-11(15-9-10)8-12(16-14)13(2,3)17-4/h6-7,9,12,16H,5,8,14H2,1-4H3. The summed E-state index contributed by atoms with van der Waals surface area (Å²) >= 11 is 0. The van der Waals surface area contributed by atoms with Gasteiger partial charge in [0.25, 0.3) is 0 Å². The van der Waals surface area contributed by atoms with Crippen LogP contribution in [0.2, 0.25) is 0 Å². The minimum absolute atomic E-state index is 0.0347. The number of rotatable bonds is 6. The predicted octanol–water partition coefficient (Wildman–Crippen LogP) is 1.44. The van der Waals surface area contributed by atoms with Gasteiger partial charge in [-0.3, -0.25) is 16.3 Å². The van der Waals surface area contributed by atoms with Crippen molar-refractivity contribution in [1.82, 2.24) is 10.4 Å². The third-order valence-corrected chi connectivity index (χ3v) is 3.27. The van der Waals surface area contributed by atoms with Crippen molar-refractivity contribution in [3.05, 3.63) is 29.6 Å². The molecule has 0 fully saturated rings. The van der Waals surface area contributed by atoms with Gasteiger partial charge in [-0.2, -0.15) is 0 Å². The zero-order valence-corrected chi connectivity index (χ0v) is 11.2. The minimum Gasteiger partial charge on any atom is -0.377 e. The molecule has 0 saturated carbocycles. The van der Waals surface area contributed by atoms with Gasteiger partial charge in [0.1, 0.15) is 0 Å². The Balaban J connectivity index is 2.73. The van der Waals surface area contributed by atoms with Crippen molar-refractivity contribution in [2.45, 2.75) is 45.3 Å². The highest BCUT2D eigenvalue weighted by Crippen LogP contribution is 2.16. The van der Waals surface area contributed by atoms with Crippen LogP contribution in [0.4, 0.5) is 0 Å². The lowest BCUT2D eigenvalue weighted by molar-refractivity contribution is -0.0103. The van der Waals surface area contributed by atoms with E-state index in [1.165, 1.54) is 5.56 Å². The number of hydrazine groups is 1. The van der Waals surface area contributed by atoms with Gasteiger partial charge in [-0.25, -0.2) is 0 Å². The molecule has 0 saturated heterocycles. The van der Waals surface area contributed by atoms with Crippen LogP contribution in [0.3, 0.4) is 0 Å². The van der Waals surface area contributed by atoms with Crippen molar-refractivity contribution < 1.29 is 4.74 Å². The molecule has 0 aliphatic carbocycles. The topological polar surface area (TPSA) is 60.2 Å². The Kier molecular flexibility index (Phi) is 5.05. The van der Waals surface area contributed by atoms with Crippen LogP contribution in [0, 0.1) is 0 Å². The van der Waals surface area contributed by atoms with Gasteiger partial charge >= 0.3 is 0 Å². The fourth-order valence-electron chi connectivity index (χ4n) is 1.64. The van der Waals surface area contributed by atoms with Gasteiger partial charge in [0.15, 0.2) is 0 Å². The molecule has 1 rings (SSSR count). The lowest BCUT2D eigenvalue weighted by Crippen LogP contribution is -2.52. The Labute approximate surface area is 104 Å². The van der Waals surface area contributed by atoms with E-state index in [-0.39, 0.29) is 11.6 Å². The highest BCUT2D eigenvalue weighted by atomic mass is 16.5. The largest absolute Gasteiger partial charge is 0.377 e. The summed E-state index contributed by atoms with van der Waals surface area (Å²) in [4.78, 5) is 4.43. The molecule has 0 spiro atoms. The summed E-state index contributed by atoms with van der Waals surface area (Å²) in [6, 6.07) is 4.19. The SMILES string of the molecule is CCc1ccc(CC(NN)C(C)(C)OC)nc1. The van der Waals surface area contributed by atoms with E-state index in [0.29, 0.717) is 0 Å². The Hall–Kier alpha value is -0.970. The van der Waals surface area contributed by atoms with Crippen LogP contribution in [0.25, 0.3) is 0 Å². The number of nitrogens with one attached hydrogen (secondary N) is 1. The Morgan fingerprint density at radius 2 is 2.18 bits per heavy atom. The summed E-state index contributed by atoms with van der Waals surface area (Å²) in [6.07, 6.45) is 3.68. The molecule has 1 heterocycles. The third-order valence-electron chi connectivity index (χ3n) is 3.27. The first-order chi connectivity index (χ1) is 8.03. The van der Waals surface area contributed by atoms with Crippen LogP contribution in [0.1, 0.15) is 32.0 Å². The molecule has 1 atom stereocenters. The number of hydrogen-bond acceptors (Lipinski definition) is 4. The number of nitrogens with two attached hydrogens (primary N) is 1. The fraction of sp³-hybridized carbons (Fsp3) is 0.615. The first kappa shape index (κ1) is 14.1. The number of hydrogen-bond donors (Lipinski definition) is 2. The van der Waals surface area contributed by atoms with E-state index in [1.807, 2.05) is 20.0 Å². The van der Waals surface area contributed by atoms with Gasteiger partial charge in [-0.15, -0.1) is 0 Å².